The third kappa shape index (κ3) is 3.02. The van der Waals surface area contributed by atoms with Gasteiger partial charge in [0.15, 0.2) is 0 Å². The first-order valence-electron chi connectivity index (χ1n) is 7.65. The molecule has 0 atom stereocenters. The monoisotopic (exact) mass is 313 g/mol. The normalized spacial score (nSPS) is 11.2. The number of para-hydroxylation sites is 1. The highest BCUT2D eigenvalue weighted by Gasteiger charge is 2.14. The number of hydrogen-bond acceptors (Lipinski definition) is 2. The molecular formula is C19H20FNO2. The predicted octanol–water partition coefficient (Wildman–Crippen LogP) is 4.95. The number of hydrogen-bond donors (Lipinski definition) is 0. The van der Waals surface area contributed by atoms with E-state index >= 15 is 0 Å². The Hall–Kier alpha value is -2.49. The van der Waals surface area contributed by atoms with Gasteiger partial charge in [-0.1, -0.05) is 12.1 Å². The Bertz CT molecular complexity index is 806. The molecule has 1 heterocycles. The number of benzene rings is 2. The molecule has 4 heteroatoms. The van der Waals surface area contributed by atoms with Gasteiger partial charge in [-0.25, -0.2) is 4.39 Å². The molecule has 0 saturated carbocycles. The summed E-state index contributed by atoms with van der Waals surface area (Å²) in [4.78, 5) is 0. The fourth-order valence-corrected chi connectivity index (χ4v) is 2.69. The summed E-state index contributed by atoms with van der Waals surface area (Å²) >= 11 is 0. The molecule has 0 spiro atoms. The summed E-state index contributed by atoms with van der Waals surface area (Å²) in [5.74, 6) is 1.34. The number of fused-ring (bicyclic) bond motifs is 1. The van der Waals surface area contributed by atoms with Gasteiger partial charge in [-0.3, -0.25) is 0 Å². The van der Waals surface area contributed by atoms with Gasteiger partial charge in [-0.15, -0.1) is 0 Å². The lowest BCUT2D eigenvalue weighted by Crippen LogP contribution is -2.00. The van der Waals surface area contributed by atoms with Crippen LogP contribution in [0.4, 0.5) is 4.39 Å². The maximum atomic E-state index is 14.2. The number of methoxy groups -OCH3 is 1. The first kappa shape index (κ1) is 15.4. The molecule has 23 heavy (non-hydrogen) atoms. The van der Waals surface area contributed by atoms with Crippen molar-refractivity contribution in [2.45, 2.75) is 26.5 Å². The molecule has 0 fully saturated rings. The Morgan fingerprint density at radius 3 is 2.39 bits per heavy atom. The first-order valence-corrected chi connectivity index (χ1v) is 7.65. The Morgan fingerprint density at radius 1 is 1.04 bits per heavy atom. The highest BCUT2D eigenvalue weighted by molar-refractivity contribution is 5.84. The van der Waals surface area contributed by atoms with Gasteiger partial charge in [-0.05, 0) is 44.2 Å². The molecular weight excluding hydrogens is 293 g/mol. The minimum absolute atomic E-state index is 0.184. The molecule has 1 aromatic heterocycles. The van der Waals surface area contributed by atoms with E-state index in [2.05, 4.69) is 0 Å². The summed E-state index contributed by atoms with van der Waals surface area (Å²) in [7, 11) is 1.63. The van der Waals surface area contributed by atoms with Crippen LogP contribution in [0.5, 0.6) is 11.5 Å². The second kappa shape index (κ2) is 6.32. The van der Waals surface area contributed by atoms with Crippen molar-refractivity contribution in [1.29, 1.82) is 0 Å². The molecule has 0 unspecified atom stereocenters. The van der Waals surface area contributed by atoms with Gasteiger partial charge in [-0.2, -0.15) is 0 Å². The maximum absolute atomic E-state index is 14.2. The van der Waals surface area contributed by atoms with E-state index in [-0.39, 0.29) is 11.9 Å². The number of nitrogens with zero attached hydrogens (tertiary/aromatic N) is 1. The zero-order chi connectivity index (χ0) is 16.4. The molecule has 0 bridgehead atoms. The van der Waals surface area contributed by atoms with Crippen LogP contribution in [0.2, 0.25) is 0 Å². The zero-order valence-electron chi connectivity index (χ0n) is 13.5. The summed E-state index contributed by atoms with van der Waals surface area (Å²) in [6.45, 7) is 4.48. The van der Waals surface area contributed by atoms with Crippen molar-refractivity contribution < 1.29 is 13.9 Å². The molecule has 0 N–H and O–H groups in total. The van der Waals surface area contributed by atoms with Gasteiger partial charge in [0.1, 0.15) is 23.9 Å². The predicted molar refractivity (Wildman–Crippen MR) is 89.6 cm³/mol. The summed E-state index contributed by atoms with van der Waals surface area (Å²) < 4.78 is 27.1. The average Bonchev–Trinajstić information content (AvgIpc) is 2.94. The van der Waals surface area contributed by atoms with Crippen LogP contribution in [-0.4, -0.2) is 11.7 Å². The van der Waals surface area contributed by atoms with Crippen molar-refractivity contribution in [2.24, 2.45) is 0 Å². The topological polar surface area (TPSA) is 23.4 Å². The van der Waals surface area contributed by atoms with Gasteiger partial charge in [0.25, 0.3) is 0 Å². The van der Waals surface area contributed by atoms with Crippen LogP contribution in [-0.2, 0) is 6.61 Å². The molecule has 0 aliphatic heterocycles. The second-order valence-electron chi connectivity index (χ2n) is 5.76. The van der Waals surface area contributed by atoms with Crippen LogP contribution in [0.25, 0.3) is 10.9 Å². The Morgan fingerprint density at radius 2 is 1.74 bits per heavy atom. The van der Waals surface area contributed by atoms with Crippen molar-refractivity contribution in [2.75, 3.05) is 7.11 Å². The minimum atomic E-state index is -0.202. The van der Waals surface area contributed by atoms with Crippen molar-refractivity contribution in [3.63, 3.8) is 0 Å². The lowest BCUT2D eigenvalue weighted by atomic mass is 10.2. The minimum Gasteiger partial charge on any atom is -0.497 e. The molecule has 0 saturated heterocycles. The van der Waals surface area contributed by atoms with Gasteiger partial charge in [0.2, 0.25) is 0 Å². The molecule has 2 aromatic carbocycles. The van der Waals surface area contributed by atoms with E-state index in [0.29, 0.717) is 12.1 Å². The molecule has 0 amide bonds. The number of aromatic nitrogens is 1. The Labute approximate surface area is 135 Å². The highest BCUT2D eigenvalue weighted by atomic mass is 19.1. The Balaban J connectivity index is 1.89. The van der Waals surface area contributed by atoms with E-state index in [0.717, 1.165) is 22.4 Å². The van der Waals surface area contributed by atoms with Crippen molar-refractivity contribution >= 4 is 10.9 Å². The quantitative estimate of drug-likeness (QED) is 0.665. The molecule has 0 radical (unpaired) electrons. The molecule has 3 rings (SSSR count). The van der Waals surface area contributed by atoms with Crippen LogP contribution >= 0.6 is 0 Å². The average molecular weight is 313 g/mol. The van der Waals surface area contributed by atoms with Crippen LogP contribution in [0.3, 0.4) is 0 Å². The second-order valence-corrected chi connectivity index (χ2v) is 5.76. The van der Waals surface area contributed by atoms with E-state index in [1.807, 2.05) is 54.9 Å². The third-order valence-corrected chi connectivity index (χ3v) is 3.90. The van der Waals surface area contributed by atoms with Gasteiger partial charge in [0.05, 0.1) is 12.6 Å². The third-order valence-electron chi connectivity index (χ3n) is 3.90. The van der Waals surface area contributed by atoms with Gasteiger partial charge < -0.3 is 14.0 Å². The molecule has 3 nitrogen and oxygen atoms in total. The van der Waals surface area contributed by atoms with Crippen LogP contribution in [0.1, 0.15) is 25.5 Å². The lowest BCUT2D eigenvalue weighted by Gasteiger charge is -2.09. The number of ether oxygens (including phenoxy) is 2. The summed E-state index contributed by atoms with van der Waals surface area (Å²) in [5, 5.41) is 0.896. The van der Waals surface area contributed by atoms with E-state index in [4.69, 9.17) is 9.47 Å². The summed E-state index contributed by atoms with van der Waals surface area (Å²) in [6, 6.07) is 12.8. The number of halogens is 1. The summed E-state index contributed by atoms with van der Waals surface area (Å²) in [5.41, 5.74) is 1.61. The largest absolute Gasteiger partial charge is 0.497 e. The molecule has 120 valence electrons. The zero-order valence-corrected chi connectivity index (χ0v) is 13.5. The molecule has 0 aliphatic rings. The van der Waals surface area contributed by atoms with E-state index in [9.17, 15) is 4.39 Å². The van der Waals surface area contributed by atoms with Crippen LogP contribution in [0.15, 0.2) is 48.7 Å². The van der Waals surface area contributed by atoms with Crippen LogP contribution in [0, 0.1) is 5.82 Å². The molecule has 0 aliphatic carbocycles. The lowest BCUT2D eigenvalue weighted by molar-refractivity contribution is 0.306. The summed E-state index contributed by atoms with van der Waals surface area (Å²) in [6.07, 6.45) is 1.97. The van der Waals surface area contributed by atoms with Crippen molar-refractivity contribution in [3.05, 3.63) is 60.0 Å². The first-order chi connectivity index (χ1) is 11.1. The Kier molecular flexibility index (Phi) is 4.24. The van der Waals surface area contributed by atoms with Gasteiger partial charge in [0, 0.05) is 23.2 Å². The SMILES string of the molecule is COc1ccc(OCc2cn(C(C)C)c3c(F)cccc23)cc1. The standard InChI is InChI=1S/C19H20FNO2/c1-13(2)21-11-14(17-5-4-6-18(20)19(17)21)12-23-16-9-7-15(22-3)8-10-16/h4-11,13H,12H2,1-3H3. The van der Waals surface area contributed by atoms with E-state index < -0.39 is 0 Å². The van der Waals surface area contributed by atoms with Gasteiger partial charge >= 0.3 is 0 Å². The fraction of sp³-hybridized carbons (Fsp3) is 0.263. The van der Waals surface area contributed by atoms with Crippen LogP contribution < -0.4 is 9.47 Å². The molecule has 3 aromatic rings. The van der Waals surface area contributed by atoms with E-state index in [1.54, 1.807) is 13.2 Å². The maximum Gasteiger partial charge on any atom is 0.147 e. The van der Waals surface area contributed by atoms with Crippen molar-refractivity contribution in [3.8, 4) is 11.5 Å². The smallest absolute Gasteiger partial charge is 0.147 e. The number of rotatable bonds is 5. The highest BCUT2D eigenvalue weighted by Crippen LogP contribution is 2.28. The fourth-order valence-electron chi connectivity index (χ4n) is 2.69. The van der Waals surface area contributed by atoms with Crippen molar-refractivity contribution in [1.82, 2.24) is 4.57 Å². The van der Waals surface area contributed by atoms with E-state index in [1.165, 1.54) is 6.07 Å².